The molecule has 1 aliphatic rings. The van der Waals surface area contributed by atoms with Crippen LogP contribution in [-0.2, 0) is 30.6 Å². The molecule has 0 bridgehead atoms. The number of aromatic nitrogens is 1. The first-order valence-electron chi connectivity index (χ1n) is 21.0. The van der Waals surface area contributed by atoms with Crippen LogP contribution < -0.4 is 0 Å². The maximum Gasteiger partial charge on any atom is 0.105 e. The predicted molar refractivity (Wildman–Crippen MR) is 249 cm³/mol. The average Bonchev–Trinajstić information content (AvgIpc) is 3.71. The second-order valence-corrected chi connectivity index (χ2v) is 16.1. The Hall–Kier alpha value is -5.57. The van der Waals surface area contributed by atoms with Crippen LogP contribution in [0, 0.1) is 26.2 Å². The van der Waals surface area contributed by atoms with E-state index in [1.54, 1.807) is 0 Å². The van der Waals surface area contributed by atoms with E-state index in [4.69, 9.17) is 4.74 Å². The van der Waals surface area contributed by atoms with Crippen molar-refractivity contribution >= 4 is 0 Å². The van der Waals surface area contributed by atoms with Gasteiger partial charge in [0.25, 0.3) is 0 Å². The monoisotopic (exact) mass is 765 g/mol. The van der Waals surface area contributed by atoms with Gasteiger partial charge in [0.15, 0.2) is 0 Å². The lowest BCUT2D eigenvalue weighted by Gasteiger charge is -2.25. The summed E-state index contributed by atoms with van der Waals surface area (Å²) in [6.07, 6.45) is 5.30. The van der Waals surface area contributed by atoms with Gasteiger partial charge in [0, 0.05) is 11.8 Å². The number of pyridine rings is 1. The summed E-state index contributed by atoms with van der Waals surface area (Å²) in [5, 5.41) is 0. The lowest BCUT2D eigenvalue weighted by molar-refractivity contribution is -0.00977. The second kappa shape index (κ2) is 21.3. The van der Waals surface area contributed by atoms with E-state index in [1.165, 1.54) is 72.3 Å². The Morgan fingerprint density at radius 1 is 0.483 bits per heavy atom. The Labute approximate surface area is 350 Å². The molecule has 0 saturated heterocycles. The standard InChI is InChI=1S/C21H20.C15H16.C11H15NO.C9H12/c1-3-18-16(2)10-9-15-20(18)21-14-8-7-13-19(21)17-11-5-4-6-12-17;1-3-14-12(2)8-7-11-15(14)13-9-5-4-6-10-13;1-11(2,3)10-9-8(7-13-10)5-4-6-12-9;1-3-9-7-5-4-6-8(9)2/h4-15H,3H2,1-2H3;4-11H,3H2,1-2H3;4-6,10H,7H2,1-3H3;4-7H,3H2,1-2H3. The Morgan fingerprint density at radius 2 is 0.966 bits per heavy atom. The Morgan fingerprint density at radius 3 is 1.52 bits per heavy atom. The number of nitrogens with zero attached hydrogens (tertiary/aromatic N) is 1. The molecule has 0 N–H and O–H groups in total. The number of benzene rings is 6. The summed E-state index contributed by atoms with van der Waals surface area (Å²) in [6, 6.07) is 55.6. The van der Waals surface area contributed by atoms with E-state index in [1.807, 2.05) is 12.3 Å². The Kier molecular flexibility index (Phi) is 16.0. The van der Waals surface area contributed by atoms with Gasteiger partial charge < -0.3 is 4.74 Å². The van der Waals surface area contributed by atoms with E-state index >= 15 is 0 Å². The molecule has 2 heteroatoms. The third-order valence-electron chi connectivity index (χ3n) is 10.9. The van der Waals surface area contributed by atoms with Crippen LogP contribution in [0.4, 0.5) is 0 Å². The smallest absolute Gasteiger partial charge is 0.105 e. The fourth-order valence-electron chi connectivity index (χ4n) is 7.80. The lowest BCUT2D eigenvalue weighted by Crippen LogP contribution is -2.18. The molecule has 0 spiro atoms. The predicted octanol–water partition coefficient (Wildman–Crippen LogP) is 15.4. The molecule has 1 atom stereocenters. The number of ether oxygens (including phenoxy) is 1. The molecule has 6 aromatic carbocycles. The number of fused-ring (bicyclic) bond motifs is 1. The minimum absolute atomic E-state index is 0.138. The summed E-state index contributed by atoms with van der Waals surface area (Å²) in [7, 11) is 0. The number of hydrogen-bond acceptors (Lipinski definition) is 2. The zero-order valence-corrected chi connectivity index (χ0v) is 36.3. The van der Waals surface area contributed by atoms with Crippen LogP contribution in [0.15, 0.2) is 164 Å². The minimum Gasteiger partial charge on any atom is -0.367 e. The molecule has 298 valence electrons. The van der Waals surface area contributed by atoms with Crippen molar-refractivity contribution in [2.45, 2.75) is 94.3 Å². The molecule has 0 amide bonds. The van der Waals surface area contributed by atoms with Crippen molar-refractivity contribution in [1.82, 2.24) is 4.98 Å². The van der Waals surface area contributed by atoms with Crippen molar-refractivity contribution in [3.63, 3.8) is 0 Å². The SMILES string of the molecule is CC(C)(C)C1OCc2cccnc21.CCc1c(C)cccc1-c1ccccc1.CCc1c(C)cccc1-c1ccccc1-c1ccccc1.CCc1ccccc1C. The highest BCUT2D eigenvalue weighted by Crippen LogP contribution is 2.41. The van der Waals surface area contributed by atoms with Crippen LogP contribution in [0.2, 0.25) is 0 Å². The summed E-state index contributed by atoms with van der Waals surface area (Å²) >= 11 is 0. The number of hydrogen-bond donors (Lipinski definition) is 0. The molecule has 0 aliphatic carbocycles. The summed E-state index contributed by atoms with van der Waals surface area (Å²) in [5.74, 6) is 0. The van der Waals surface area contributed by atoms with Gasteiger partial charge in [0.05, 0.1) is 12.3 Å². The van der Waals surface area contributed by atoms with Crippen molar-refractivity contribution in [2.75, 3.05) is 0 Å². The summed E-state index contributed by atoms with van der Waals surface area (Å²) in [4.78, 5) is 4.38. The van der Waals surface area contributed by atoms with E-state index in [0.29, 0.717) is 6.61 Å². The Balaban J connectivity index is 0.000000154. The van der Waals surface area contributed by atoms with Crippen molar-refractivity contribution in [1.29, 1.82) is 0 Å². The Bertz CT molecular complexity index is 2320. The third kappa shape index (κ3) is 11.3. The van der Waals surface area contributed by atoms with Crippen LogP contribution in [-0.4, -0.2) is 4.98 Å². The van der Waals surface area contributed by atoms with Gasteiger partial charge in [-0.15, -0.1) is 0 Å². The highest BCUT2D eigenvalue weighted by atomic mass is 16.5. The maximum absolute atomic E-state index is 5.73. The van der Waals surface area contributed by atoms with Crippen LogP contribution in [0.3, 0.4) is 0 Å². The zero-order chi connectivity index (χ0) is 41.5. The van der Waals surface area contributed by atoms with Gasteiger partial charge in [0.1, 0.15) is 6.10 Å². The molecular weight excluding hydrogens is 703 g/mol. The fraction of sp³-hybridized carbons (Fsp3) is 0.268. The van der Waals surface area contributed by atoms with E-state index in [2.05, 4.69) is 219 Å². The molecular formula is C56H63NO. The normalized spacial score (nSPS) is 12.8. The first-order valence-corrected chi connectivity index (χ1v) is 21.0. The summed E-state index contributed by atoms with van der Waals surface area (Å²) in [5.41, 5.74) is 19.0. The van der Waals surface area contributed by atoms with E-state index in [-0.39, 0.29) is 11.5 Å². The molecule has 1 unspecified atom stereocenters. The molecule has 58 heavy (non-hydrogen) atoms. The van der Waals surface area contributed by atoms with Gasteiger partial charge in [-0.25, -0.2) is 0 Å². The van der Waals surface area contributed by atoms with Gasteiger partial charge in [-0.1, -0.05) is 193 Å². The summed E-state index contributed by atoms with van der Waals surface area (Å²) < 4.78 is 5.73. The van der Waals surface area contributed by atoms with Gasteiger partial charge in [-0.3, -0.25) is 4.98 Å². The fourth-order valence-corrected chi connectivity index (χ4v) is 7.80. The van der Waals surface area contributed by atoms with Gasteiger partial charge in [0.2, 0.25) is 0 Å². The van der Waals surface area contributed by atoms with Gasteiger partial charge in [-0.2, -0.15) is 0 Å². The molecule has 0 saturated carbocycles. The van der Waals surface area contributed by atoms with Crippen LogP contribution in [0.1, 0.15) is 92.3 Å². The van der Waals surface area contributed by atoms with E-state index in [9.17, 15) is 0 Å². The molecule has 2 heterocycles. The van der Waals surface area contributed by atoms with Gasteiger partial charge >= 0.3 is 0 Å². The van der Waals surface area contributed by atoms with Crippen molar-refractivity contribution in [3.8, 4) is 33.4 Å². The van der Waals surface area contributed by atoms with Crippen LogP contribution >= 0.6 is 0 Å². The highest BCUT2D eigenvalue weighted by Gasteiger charge is 2.34. The molecule has 0 fully saturated rings. The molecule has 7 aromatic rings. The summed E-state index contributed by atoms with van der Waals surface area (Å²) in [6.45, 7) is 20.4. The minimum atomic E-state index is 0.138. The number of aryl methyl sites for hydroxylation is 4. The molecule has 8 rings (SSSR count). The molecule has 1 aromatic heterocycles. The maximum atomic E-state index is 5.73. The van der Waals surface area contributed by atoms with Crippen molar-refractivity contribution in [3.05, 3.63) is 209 Å². The topological polar surface area (TPSA) is 22.1 Å². The van der Waals surface area contributed by atoms with E-state index in [0.717, 1.165) is 25.0 Å². The molecule has 0 radical (unpaired) electrons. The molecule has 1 aliphatic heterocycles. The third-order valence-corrected chi connectivity index (χ3v) is 10.9. The quantitative estimate of drug-likeness (QED) is 0.168. The van der Waals surface area contributed by atoms with Crippen LogP contribution in [0.5, 0.6) is 0 Å². The largest absolute Gasteiger partial charge is 0.367 e. The van der Waals surface area contributed by atoms with Gasteiger partial charge in [-0.05, 0) is 118 Å². The average molecular weight is 766 g/mol. The van der Waals surface area contributed by atoms with Crippen LogP contribution in [0.25, 0.3) is 33.4 Å². The molecule has 2 nitrogen and oxygen atoms in total. The van der Waals surface area contributed by atoms with Crippen molar-refractivity contribution in [2.24, 2.45) is 5.41 Å². The highest BCUT2D eigenvalue weighted by molar-refractivity contribution is 5.85. The second-order valence-electron chi connectivity index (χ2n) is 16.1. The van der Waals surface area contributed by atoms with E-state index < -0.39 is 0 Å². The first kappa shape index (κ1) is 43.6. The number of rotatable bonds is 6. The van der Waals surface area contributed by atoms with Crippen molar-refractivity contribution < 1.29 is 4.74 Å². The lowest BCUT2D eigenvalue weighted by atomic mass is 9.87. The first-order chi connectivity index (χ1) is 28.1. The zero-order valence-electron chi connectivity index (χ0n) is 36.3.